The van der Waals surface area contributed by atoms with E-state index in [0.717, 1.165) is 24.2 Å². The molecule has 0 spiro atoms. The van der Waals surface area contributed by atoms with Crippen LogP contribution >= 0.6 is 11.6 Å². The Morgan fingerprint density at radius 1 is 1.11 bits per heavy atom. The summed E-state index contributed by atoms with van der Waals surface area (Å²) < 4.78 is 0. The van der Waals surface area contributed by atoms with E-state index in [1.165, 1.54) is 24.9 Å². The number of carbonyl (C=O) groups is 1. The molecule has 6 heteroatoms. The predicted octanol–water partition coefficient (Wildman–Crippen LogP) is 4.14. The summed E-state index contributed by atoms with van der Waals surface area (Å²) >= 11 is 6.20. The van der Waals surface area contributed by atoms with Crippen LogP contribution in [0.5, 0.6) is 0 Å². The number of oxime groups is 1. The quantitative estimate of drug-likeness (QED) is 0.824. The Morgan fingerprint density at radius 2 is 1.86 bits per heavy atom. The van der Waals surface area contributed by atoms with Crippen LogP contribution in [-0.4, -0.2) is 30.8 Å². The summed E-state index contributed by atoms with van der Waals surface area (Å²) in [6, 6.07) is 15.9. The van der Waals surface area contributed by atoms with Crippen molar-refractivity contribution in [1.82, 2.24) is 5.32 Å². The van der Waals surface area contributed by atoms with Crippen LogP contribution in [0.25, 0.3) is 0 Å². The second-order valence-corrected chi connectivity index (χ2v) is 7.66. The molecule has 4 rings (SSSR count). The van der Waals surface area contributed by atoms with Gasteiger partial charge in [0.2, 0.25) is 6.10 Å². The second kappa shape index (κ2) is 8.65. The summed E-state index contributed by atoms with van der Waals surface area (Å²) in [5.74, 6) is -0.161. The van der Waals surface area contributed by atoms with E-state index in [4.69, 9.17) is 16.4 Å². The predicted molar refractivity (Wildman–Crippen MR) is 112 cm³/mol. The monoisotopic (exact) mass is 397 g/mol. The second-order valence-electron chi connectivity index (χ2n) is 7.25. The third-order valence-corrected chi connectivity index (χ3v) is 5.60. The molecule has 2 heterocycles. The number of piperidine rings is 1. The van der Waals surface area contributed by atoms with Gasteiger partial charge < -0.3 is 15.1 Å². The number of amides is 1. The topological polar surface area (TPSA) is 53.9 Å². The normalized spacial score (nSPS) is 19.1. The first-order valence-corrected chi connectivity index (χ1v) is 10.2. The molecule has 1 N–H and O–H groups in total. The molecular weight excluding hydrogens is 374 g/mol. The number of nitrogens with one attached hydrogen (secondary N) is 1. The Kier molecular flexibility index (Phi) is 5.81. The fourth-order valence-electron chi connectivity index (χ4n) is 3.65. The number of halogens is 1. The molecule has 146 valence electrons. The number of hydrogen-bond donors (Lipinski definition) is 1. The highest BCUT2D eigenvalue weighted by Crippen LogP contribution is 2.23. The van der Waals surface area contributed by atoms with Crippen molar-refractivity contribution in [3.8, 4) is 0 Å². The van der Waals surface area contributed by atoms with E-state index >= 15 is 0 Å². The Bertz CT molecular complexity index is 860. The number of nitrogens with zero attached hydrogens (tertiary/aromatic N) is 2. The zero-order chi connectivity index (χ0) is 19.3. The number of carbonyl (C=O) groups excluding carboxylic acids is 1. The summed E-state index contributed by atoms with van der Waals surface area (Å²) in [6.45, 7) is 2.73. The molecule has 1 atom stereocenters. The van der Waals surface area contributed by atoms with Crippen molar-refractivity contribution < 1.29 is 9.63 Å². The number of benzene rings is 2. The summed E-state index contributed by atoms with van der Waals surface area (Å²) in [4.78, 5) is 20.2. The molecule has 2 aromatic rings. The third kappa shape index (κ3) is 4.30. The first-order valence-electron chi connectivity index (χ1n) is 9.80. The van der Waals surface area contributed by atoms with Gasteiger partial charge in [-0.2, -0.15) is 0 Å². The fraction of sp³-hybridized carbons (Fsp3) is 0.364. The standard InChI is InChI=1S/C22H24ClN3O2/c23-19-7-3-2-6-18(19)20-14-21(28-25-20)22(27)24-15-16-8-10-17(11-9-16)26-12-4-1-5-13-26/h2-3,6-11,21H,1,4-5,12-15H2,(H,24,27)/t21-/m0/s1. The minimum Gasteiger partial charge on any atom is -0.382 e. The molecule has 2 aliphatic heterocycles. The summed E-state index contributed by atoms with van der Waals surface area (Å²) in [5, 5.41) is 7.61. The molecule has 0 bridgehead atoms. The van der Waals surface area contributed by atoms with E-state index < -0.39 is 6.10 Å². The van der Waals surface area contributed by atoms with Gasteiger partial charge in [0.25, 0.3) is 5.91 Å². The van der Waals surface area contributed by atoms with Gasteiger partial charge in [-0.05, 0) is 43.0 Å². The van der Waals surface area contributed by atoms with E-state index in [1.54, 1.807) is 6.07 Å². The van der Waals surface area contributed by atoms with Gasteiger partial charge in [-0.1, -0.05) is 47.1 Å². The molecule has 2 aromatic carbocycles. The minimum atomic E-state index is -0.612. The van der Waals surface area contributed by atoms with E-state index in [2.05, 4.69) is 39.6 Å². The fourth-order valence-corrected chi connectivity index (χ4v) is 3.90. The van der Waals surface area contributed by atoms with E-state index in [-0.39, 0.29) is 5.91 Å². The lowest BCUT2D eigenvalue weighted by Crippen LogP contribution is -2.34. The van der Waals surface area contributed by atoms with Crippen LogP contribution < -0.4 is 10.2 Å². The van der Waals surface area contributed by atoms with E-state index in [0.29, 0.717) is 23.7 Å². The first-order chi connectivity index (χ1) is 13.7. The first kappa shape index (κ1) is 18.8. The van der Waals surface area contributed by atoms with Gasteiger partial charge in [-0.3, -0.25) is 4.79 Å². The van der Waals surface area contributed by atoms with Crippen molar-refractivity contribution in [1.29, 1.82) is 0 Å². The van der Waals surface area contributed by atoms with Crippen LogP contribution in [0.15, 0.2) is 53.7 Å². The Balaban J connectivity index is 1.28. The largest absolute Gasteiger partial charge is 0.382 e. The molecular formula is C22H24ClN3O2. The highest BCUT2D eigenvalue weighted by Gasteiger charge is 2.29. The molecule has 5 nitrogen and oxygen atoms in total. The van der Waals surface area contributed by atoms with Gasteiger partial charge >= 0.3 is 0 Å². The Morgan fingerprint density at radius 3 is 2.61 bits per heavy atom. The molecule has 0 saturated carbocycles. The van der Waals surface area contributed by atoms with Gasteiger partial charge in [0, 0.05) is 42.3 Å². The molecule has 0 aromatic heterocycles. The van der Waals surface area contributed by atoms with Crippen LogP contribution in [-0.2, 0) is 16.2 Å². The average molecular weight is 398 g/mol. The third-order valence-electron chi connectivity index (χ3n) is 5.27. The lowest BCUT2D eigenvalue weighted by atomic mass is 10.0. The van der Waals surface area contributed by atoms with E-state index in [9.17, 15) is 4.79 Å². The summed E-state index contributed by atoms with van der Waals surface area (Å²) in [6.07, 6.45) is 3.66. The van der Waals surface area contributed by atoms with Gasteiger partial charge in [0.15, 0.2) is 0 Å². The van der Waals surface area contributed by atoms with Crippen LogP contribution in [0.1, 0.15) is 36.8 Å². The maximum absolute atomic E-state index is 12.4. The maximum atomic E-state index is 12.4. The zero-order valence-corrected chi connectivity index (χ0v) is 16.5. The number of hydrogen-bond acceptors (Lipinski definition) is 4. The van der Waals surface area contributed by atoms with Crippen molar-refractivity contribution >= 4 is 28.9 Å². The highest BCUT2D eigenvalue weighted by molar-refractivity contribution is 6.34. The number of rotatable bonds is 5. The van der Waals surface area contributed by atoms with Gasteiger partial charge in [0.05, 0.1) is 5.71 Å². The van der Waals surface area contributed by atoms with Crippen molar-refractivity contribution in [3.05, 3.63) is 64.7 Å². The van der Waals surface area contributed by atoms with Crippen LogP contribution in [0.4, 0.5) is 5.69 Å². The van der Waals surface area contributed by atoms with Crippen LogP contribution in [0, 0.1) is 0 Å². The summed E-state index contributed by atoms with van der Waals surface area (Å²) in [7, 11) is 0. The lowest BCUT2D eigenvalue weighted by Gasteiger charge is -2.28. The van der Waals surface area contributed by atoms with Crippen LogP contribution in [0.2, 0.25) is 5.02 Å². The lowest BCUT2D eigenvalue weighted by molar-refractivity contribution is -0.131. The van der Waals surface area contributed by atoms with E-state index in [1.807, 2.05) is 18.2 Å². The van der Waals surface area contributed by atoms with Crippen LogP contribution in [0.3, 0.4) is 0 Å². The zero-order valence-electron chi connectivity index (χ0n) is 15.7. The molecule has 0 radical (unpaired) electrons. The highest BCUT2D eigenvalue weighted by atomic mass is 35.5. The molecule has 0 aliphatic carbocycles. The molecule has 28 heavy (non-hydrogen) atoms. The van der Waals surface area contributed by atoms with Crippen molar-refractivity contribution in [2.24, 2.45) is 5.16 Å². The number of anilines is 1. The SMILES string of the molecule is O=C(NCc1ccc(N2CCCCC2)cc1)[C@@H]1CC(c2ccccc2Cl)=NO1. The van der Waals surface area contributed by atoms with Gasteiger partial charge in [-0.25, -0.2) is 0 Å². The Hall–Kier alpha value is -2.53. The van der Waals surface area contributed by atoms with Crippen molar-refractivity contribution in [3.63, 3.8) is 0 Å². The van der Waals surface area contributed by atoms with Gasteiger partial charge in [0.1, 0.15) is 0 Å². The molecule has 1 saturated heterocycles. The van der Waals surface area contributed by atoms with Crippen molar-refractivity contribution in [2.45, 2.75) is 38.3 Å². The van der Waals surface area contributed by atoms with Gasteiger partial charge in [-0.15, -0.1) is 0 Å². The minimum absolute atomic E-state index is 0.161. The molecule has 0 unspecified atom stereocenters. The Labute approximate surface area is 170 Å². The van der Waals surface area contributed by atoms with Crippen molar-refractivity contribution in [2.75, 3.05) is 18.0 Å². The summed E-state index contributed by atoms with van der Waals surface area (Å²) in [5.41, 5.74) is 3.84. The smallest absolute Gasteiger partial charge is 0.264 e. The molecule has 2 aliphatic rings. The molecule has 1 fully saturated rings. The average Bonchev–Trinajstić information content (AvgIpc) is 3.23. The maximum Gasteiger partial charge on any atom is 0.264 e. The molecule has 1 amide bonds.